The van der Waals surface area contributed by atoms with Crippen LogP contribution >= 0.6 is 11.8 Å². The van der Waals surface area contributed by atoms with E-state index in [0.29, 0.717) is 6.04 Å². The van der Waals surface area contributed by atoms with Crippen LogP contribution in [-0.2, 0) is 6.42 Å². The summed E-state index contributed by atoms with van der Waals surface area (Å²) >= 11 is 2.21. The van der Waals surface area contributed by atoms with Gasteiger partial charge in [-0.25, -0.2) is 0 Å². The fourth-order valence-corrected chi connectivity index (χ4v) is 5.12. The van der Waals surface area contributed by atoms with Crippen molar-refractivity contribution in [1.82, 2.24) is 5.32 Å². The molecule has 2 heteroatoms. The van der Waals surface area contributed by atoms with Crippen LogP contribution in [0.3, 0.4) is 0 Å². The number of thioether (sulfide) groups is 1. The van der Waals surface area contributed by atoms with Crippen molar-refractivity contribution in [2.75, 3.05) is 12.8 Å². The zero-order valence-corrected chi connectivity index (χ0v) is 12.0. The maximum atomic E-state index is 3.52. The molecule has 2 aliphatic carbocycles. The van der Waals surface area contributed by atoms with Crippen LogP contribution in [0.4, 0.5) is 0 Å². The van der Waals surface area contributed by atoms with Crippen LogP contribution < -0.4 is 5.32 Å². The van der Waals surface area contributed by atoms with Crippen molar-refractivity contribution in [2.45, 2.75) is 43.4 Å². The Kier molecular flexibility index (Phi) is 3.95. The Hall–Kier alpha value is -0.470. The van der Waals surface area contributed by atoms with Gasteiger partial charge >= 0.3 is 0 Å². The summed E-state index contributed by atoms with van der Waals surface area (Å²) in [5, 5.41) is 4.27. The predicted octanol–water partition coefficient (Wildman–Crippen LogP) is 3.80. The molecule has 0 spiro atoms. The molecule has 0 heterocycles. The summed E-state index contributed by atoms with van der Waals surface area (Å²) in [7, 11) is 2.11. The summed E-state index contributed by atoms with van der Waals surface area (Å²) in [6.45, 7) is 0. The van der Waals surface area contributed by atoms with Crippen molar-refractivity contribution in [3.8, 4) is 0 Å². The first-order valence-corrected chi connectivity index (χ1v) is 8.30. The second kappa shape index (κ2) is 5.66. The minimum Gasteiger partial charge on any atom is -0.312 e. The molecule has 1 nitrogen and oxygen atoms in total. The van der Waals surface area contributed by atoms with Gasteiger partial charge in [0, 0.05) is 11.3 Å². The second-order valence-electron chi connectivity index (χ2n) is 5.69. The smallest absolute Gasteiger partial charge is 0.0444 e. The van der Waals surface area contributed by atoms with Crippen molar-refractivity contribution >= 4 is 11.8 Å². The lowest BCUT2D eigenvalue weighted by Gasteiger charge is -2.21. The molecule has 0 aliphatic heterocycles. The van der Waals surface area contributed by atoms with Gasteiger partial charge in [-0.15, -0.1) is 0 Å². The van der Waals surface area contributed by atoms with Gasteiger partial charge < -0.3 is 5.32 Å². The van der Waals surface area contributed by atoms with Crippen LogP contribution in [0.25, 0.3) is 0 Å². The lowest BCUT2D eigenvalue weighted by atomic mass is 10.1. The Bertz CT molecular complexity index is 398. The van der Waals surface area contributed by atoms with E-state index in [2.05, 4.69) is 48.4 Å². The van der Waals surface area contributed by atoms with Crippen molar-refractivity contribution in [2.24, 2.45) is 5.92 Å². The van der Waals surface area contributed by atoms with Gasteiger partial charge in [0.15, 0.2) is 0 Å². The van der Waals surface area contributed by atoms with E-state index in [9.17, 15) is 0 Å². The number of benzene rings is 1. The Morgan fingerprint density at radius 1 is 1.22 bits per heavy atom. The third-order valence-corrected chi connectivity index (χ3v) is 6.05. The van der Waals surface area contributed by atoms with Gasteiger partial charge in [0.25, 0.3) is 0 Å². The summed E-state index contributed by atoms with van der Waals surface area (Å²) in [5.74, 6) is 2.37. The summed E-state index contributed by atoms with van der Waals surface area (Å²) in [4.78, 5) is 0. The number of fused-ring (bicyclic) bond motifs is 1. The highest BCUT2D eigenvalue weighted by molar-refractivity contribution is 7.99. The van der Waals surface area contributed by atoms with Crippen molar-refractivity contribution < 1.29 is 0 Å². The first-order chi connectivity index (χ1) is 8.88. The zero-order valence-electron chi connectivity index (χ0n) is 11.2. The molecule has 1 aromatic rings. The van der Waals surface area contributed by atoms with Crippen LogP contribution in [0, 0.1) is 5.92 Å². The van der Waals surface area contributed by atoms with Crippen LogP contribution in [0.15, 0.2) is 24.3 Å². The molecular formula is C16H23NS. The zero-order chi connectivity index (χ0) is 12.4. The Balaban J connectivity index is 1.63. The third kappa shape index (κ3) is 2.46. The van der Waals surface area contributed by atoms with E-state index in [1.807, 2.05) is 0 Å². The van der Waals surface area contributed by atoms with Crippen molar-refractivity contribution in [1.29, 1.82) is 0 Å². The Labute approximate surface area is 115 Å². The number of rotatable bonds is 4. The van der Waals surface area contributed by atoms with Crippen LogP contribution in [-0.4, -0.2) is 18.1 Å². The van der Waals surface area contributed by atoms with Gasteiger partial charge in [-0.1, -0.05) is 37.1 Å². The molecule has 2 aliphatic rings. The molecule has 0 bridgehead atoms. The maximum Gasteiger partial charge on any atom is 0.0444 e. The standard InChI is InChI=1S/C16H23NS/c1-17-16-14-9-5-4-8-13(14)10-15(16)18-11-12-6-2-3-7-12/h4-5,8-9,12,15-17H,2-3,6-7,10-11H2,1H3. The van der Waals surface area contributed by atoms with Gasteiger partial charge in [0.05, 0.1) is 0 Å². The largest absolute Gasteiger partial charge is 0.312 e. The summed E-state index contributed by atoms with van der Waals surface area (Å²) < 4.78 is 0. The fourth-order valence-electron chi connectivity index (χ4n) is 3.49. The number of hydrogen-bond acceptors (Lipinski definition) is 2. The van der Waals surface area contributed by atoms with E-state index in [1.165, 1.54) is 43.4 Å². The van der Waals surface area contributed by atoms with Gasteiger partial charge in [-0.3, -0.25) is 0 Å². The highest BCUT2D eigenvalue weighted by Gasteiger charge is 2.31. The predicted molar refractivity (Wildman–Crippen MR) is 80.2 cm³/mol. The lowest BCUT2D eigenvalue weighted by molar-refractivity contribution is 0.592. The molecule has 1 saturated carbocycles. The molecule has 0 saturated heterocycles. The van der Waals surface area contributed by atoms with E-state index in [4.69, 9.17) is 0 Å². The molecule has 0 radical (unpaired) electrons. The van der Waals surface area contributed by atoms with Crippen LogP contribution in [0.2, 0.25) is 0 Å². The fraction of sp³-hybridized carbons (Fsp3) is 0.625. The highest BCUT2D eigenvalue weighted by Crippen LogP contribution is 2.40. The second-order valence-corrected chi connectivity index (χ2v) is 6.96. The quantitative estimate of drug-likeness (QED) is 0.885. The average molecular weight is 261 g/mol. The molecule has 0 aromatic heterocycles. The van der Waals surface area contributed by atoms with E-state index < -0.39 is 0 Å². The number of hydrogen-bond donors (Lipinski definition) is 1. The van der Waals surface area contributed by atoms with Crippen molar-refractivity contribution in [3.63, 3.8) is 0 Å². The molecule has 2 unspecified atom stereocenters. The molecule has 0 amide bonds. The molecule has 2 atom stereocenters. The molecule has 1 N–H and O–H groups in total. The van der Waals surface area contributed by atoms with E-state index in [0.717, 1.165) is 11.2 Å². The summed E-state index contributed by atoms with van der Waals surface area (Å²) in [6, 6.07) is 9.51. The Morgan fingerprint density at radius 3 is 2.78 bits per heavy atom. The lowest BCUT2D eigenvalue weighted by Crippen LogP contribution is -2.24. The van der Waals surface area contributed by atoms with Gasteiger partial charge in [-0.05, 0) is 49.1 Å². The minimum absolute atomic E-state index is 0.563. The SMILES string of the molecule is CNC1c2ccccc2CC1SCC1CCCC1. The third-order valence-electron chi connectivity index (χ3n) is 4.51. The minimum atomic E-state index is 0.563. The summed E-state index contributed by atoms with van der Waals surface area (Å²) in [6.07, 6.45) is 7.12. The highest BCUT2D eigenvalue weighted by atomic mass is 32.2. The van der Waals surface area contributed by atoms with Gasteiger partial charge in [-0.2, -0.15) is 11.8 Å². The summed E-state index contributed by atoms with van der Waals surface area (Å²) in [5.41, 5.74) is 3.09. The Morgan fingerprint density at radius 2 is 2.00 bits per heavy atom. The first kappa shape index (κ1) is 12.6. The maximum absolute atomic E-state index is 3.52. The molecule has 1 fully saturated rings. The van der Waals surface area contributed by atoms with Gasteiger partial charge in [0.1, 0.15) is 0 Å². The van der Waals surface area contributed by atoms with Crippen molar-refractivity contribution in [3.05, 3.63) is 35.4 Å². The molecule has 98 valence electrons. The molecule has 18 heavy (non-hydrogen) atoms. The molecular weight excluding hydrogens is 238 g/mol. The van der Waals surface area contributed by atoms with E-state index >= 15 is 0 Å². The normalized spacial score (nSPS) is 27.6. The van der Waals surface area contributed by atoms with Gasteiger partial charge in [0.2, 0.25) is 0 Å². The van der Waals surface area contributed by atoms with Crippen LogP contribution in [0.1, 0.15) is 42.9 Å². The van der Waals surface area contributed by atoms with E-state index in [1.54, 1.807) is 5.56 Å². The first-order valence-electron chi connectivity index (χ1n) is 7.25. The van der Waals surface area contributed by atoms with Crippen LogP contribution in [0.5, 0.6) is 0 Å². The number of nitrogens with one attached hydrogen (secondary N) is 1. The molecule has 1 aromatic carbocycles. The monoisotopic (exact) mass is 261 g/mol. The topological polar surface area (TPSA) is 12.0 Å². The van der Waals surface area contributed by atoms with E-state index in [-0.39, 0.29) is 0 Å². The molecule has 3 rings (SSSR count). The average Bonchev–Trinajstić information content (AvgIpc) is 3.03.